The lowest BCUT2D eigenvalue weighted by Crippen LogP contribution is -2.37. The van der Waals surface area contributed by atoms with Crippen LogP contribution in [-0.4, -0.2) is 20.6 Å². The van der Waals surface area contributed by atoms with E-state index in [2.05, 4.69) is 70.7 Å². The summed E-state index contributed by atoms with van der Waals surface area (Å²) in [7, 11) is 0. The summed E-state index contributed by atoms with van der Waals surface area (Å²) in [5.41, 5.74) is 6.38. The normalized spacial score (nSPS) is 19.9. The monoisotopic (exact) mass is 328 g/mol. The number of rotatable bonds is 2. The summed E-state index contributed by atoms with van der Waals surface area (Å²) in [6.07, 6.45) is 6.65. The third-order valence-electron chi connectivity index (χ3n) is 5.13. The Bertz CT molecular complexity index is 1010. The fourth-order valence-electron chi connectivity index (χ4n) is 3.93. The number of imidazole rings is 1. The van der Waals surface area contributed by atoms with Gasteiger partial charge in [-0.05, 0) is 42.7 Å². The van der Waals surface area contributed by atoms with Crippen LogP contribution in [0.5, 0.6) is 0 Å². The predicted octanol–water partition coefficient (Wildman–Crippen LogP) is 3.98. The summed E-state index contributed by atoms with van der Waals surface area (Å²) in [6.45, 7) is 2.26. The van der Waals surface area contributed by atoms with Crippen LogP contribution < -0.4 is 5.32 Å². The zero-order chi connectivity index (χ0) is 16.8. The molecule has 4 heteroatoms. The number of nitrogens with one attached hydrogen (secondary N) is 2. The zero-order valence-electron chi connectivity index (χ0n) is 14.1. The van der Waals surface area contributed by atoms with Gasteiger partial charge in [-0.3, -0.25) is 0 Å². The summed E-state index contributed by atoms with van der Waals surface area (Å²) in [5, 5.41) is 5.11. The lowest BCUT2D eigenvalue weighted by molar-refractivity contribution is 0.460. The van der Waals surface area contributed by atoms with Crippen LogP contribution in [-0.2, 0) is 6.42 Å². The van der Waals surface area contributed by atoms with Gasteiger partial charge in [-0.15, -0.1) is 0 Å². The molecule has 5 rings (SSSR count). The van der Waals surface area contributed by atoms with Crippen molar-refractivity contribution >= 4 is 10.9 Å². The molecule has 4 aromatic rings. The van der Waals surface area contributed by atoms with Gasteiger partial charge in [-0.1, -0.05) is 30.3 Å². The van der Waals surface area contributed by atoms with Gasteiger partial charge in [0.2, 0.25) is 0 Å². The van der Waals surface area contributed by atoms with Crippen molar-refractivity contribution < 1.29 is 0 Å². The fraction of sp³-hybridized carbons (Fsp3) is 0.190. The van der Waals surface area contributed by atoms with E-state index in [4.69, 9.17) is 0 Å². The van der Waals surface area contributed by atoms with E-state index in [-0.39, 0.29) is 6.04 Å². The molecule has 2 atom stereocenters. The van der Waals surface area contributed by atoms with Crippen LogP contribution >= 0.6 is 0 Å². The van der Waals surface area contributed by atoms with Crippen LogP contribution in [0.3, 0.4) is 0 Å². The molecule has 0 saturated heterocycles. The molecule has 124 valence electrons. The summed E-state index contributed by atoms with van der Waals surface area (Å²) in [6, 6.07) is 18.0. The van der Waals surface area contributed by atoms with Crippen LogP contribution in [0.2, 0.25) is 0 Å². The Morgan fingerprint density at radius 1 is 1.08 bits per heavy atom. The second-order valence-electron chi connectivity index (χ2n) is 6.83. The first-order chi connectivity index (χ1) is 12.3. The van der Waals surface area contributed by atoms with Crippen molar-refractivity contribution in [1.29, 1.82) is 0 Å². The third kappa shape index (κ3) is 2.37. The van der Waals surface area contributed by atoms with E-state index in [9.17, 15) is 0 Å². The molecular weight excluding hydrogens is 308 g/mol. The molecule has 25 heavy (non-hydrogen) atoms. The average Bonchev–Trinajstić information content (AvgIpc) is 3.29. The van der Waals surface area contributed by atoms with Gasteiger partial charge in [0, 0.05) is 40.7 Å². The minimum absolute atomic E-state index is 0.197. The van der Waals surface area contributed by atoms with E-state index in [1.165, 1.54) is 27.7 Å². The maximum atomic E-state index is 4.12. The first kappa shape index (κ1) is 14.5. The molecular formula is C21H20N4. The first-order valence-corrected chi connectivity index (χ1v) is 8.73. The largest absolute Gasteiger partial charge is 0.357 e. The molecule has 4 nitrogen and oxygen atoms in total. The molecule has 0 saturated carbocycles. The molecule has 0 aliphatic carbocycles. The van der Waals surface area contributed by atoms with Crippen molar-refractivity contribution in [3.8, 4) is 5.69 Å². The Kier molecular flexibility index (Phi) is 3.25. The summed E-state index contributed by atoms with van der Waals surface area (Å²) in [5.74, 6) is 0. The summed E-state index contributed by atoms with van der Waals surface area (Å²) < 4.78 is 2.02. The highest BCUT2D eigenvalue weighted by Gasteiger charge is 2.28. The predicted molar refractivity (Wildman–Crippen MR) is 100 cm³/mol. The Balaban J connectivity index is 1.58. The Morgan fingerprint density at radius 2 is 1.92 bits per heavy atom. The smallest absolute Gasteiger partial charge is 0.0991 e. The van der Waals surface area contributed by atoms with Crippen molar-refractivity contribution in [3.63, 3.8) is 0 Å². The molecule has 2 aromatic carbocycles. The molecule has 2 aromatic heterocycles. The number of benzene rings is 2. The van der Waals surface area contributed by atoms with Crippen molar-refractivity contribution in [3.05, 3.63) is 84.1 Å². The highest BCUT2D eigenvalue weighted by atomic mass is 15.0. The molecule has 1 aliphatic rings. The van der Waals surface area contributed by atoms with Gasteiger partial charge in [0.25, 0.3) is 0 Å². The van der Waals surface area contributed by atoms with Crippen molar-refractivity contribution in [1.82, 2.24) is 19.9 Å². The minimum atomic E-state index is 0.197. The highest BCUT2D eigenvalue weighted by Crippen LogP contribution is 2.35. The molecule has 1 aliphatic heterocycles. The Labute approximate surface area is 146 Å². The standard InChI is InChI=1S/C21H20N4/c1-14-12-18-17-4-2-3-5-19(17)24-21(18)20(23-14)15-6-8-16(9-7-15)25-11-10-22-13-25/h2-11,13-14,20,23-24H,12H2,1H3/t14-,20?/m0/s1. The SMILES string of the molecule is C[C@H]1Cc2c([nH]c3ccccc23)C(c2ccc(-n3ccnc3)cc2)N1. The van der Waals surface area contributed by atoms with Gasteiger partial charge in [0.15, 0.2) is 0 Å². The van der Waals surface area contributed by atoms with Gasteiger partial charge in [0.1, 0.15) is 0 Å². The van der Waals surface area contributed by atoms with Crippen LogP contribution in [0.4, 0.5) is 0 Å². The second-order valence-corrected chi connectivity index (χ2v) is 6.83. The van der Waals surface area contributed by atoms with E-state index < -0.39 is 0 Å². The number of hydrogen-bond acceptors (Lipinski definition) is 2. The molecule has 0 bridgehead atoms. The third-order valence-corrected chi connectivity index (χ3v) is 5.13. The lowest BCUT2D eigenvalue weighted by Gasteiger charge is -2.30. The van der Waals surface area contributed by atoms with Crippen molar-refractivity contribution in [2.75, 3.05) is 0 Å². The fourth-order valence-corrected chi connectivity index (χ4v) is 3.93. The van der Waals surface area contributed by atoms with E-state index in [0.29, 0.717) is 6.04 Å². The summed E-state index contributed by atoms with van der Waals surface area (Å²) in [4.78, 5) is 7.77. The van der Waals surface area contributed by atoms with Crippen LogP contribution in [0.15, 0.2) is 67.3 Å². The lowest BCUT2D eigenvalue weighted by atomic mass is 9.91. The van der Waals surface area contributed by atoms with Gasteiger partial charge >= 0.3 is 0 Å². The van der Waals surface area contributed by atoms with Crippen molar-refractivity contribution in [2.24, 2.45) is 0 Å². The zero-order valence-corrected chi connectivity index (χ0v) is 14.1. The molecule has 0 spiro atoms. The van der Waals surface area contributed by atoms with Gasteiger partial charge in [-0.25, -0.2) is 4.98 Å². The van der Waals surface area contributed by atoms with Crippen LogP contribution in [0.25, 0.3) is 16.6 Å². The van der Waals surface area contributed by atoms with Crippen LogP contribution in [0.1, 0.15) is 29.8 Å². The number of para-hydroxylation sites is 1. The summed E-state index contributed by atoms with van der Waals surface area (Å²) >= 11 is 0. The van der Waals surface area contributed by atoms with Crippen LogP contribution in [0, 0.1) is 0 Å². The second kappa shape index (κ2) is 5.60. The quantitative estimate of drug-likeness (QED) is 0.585. The molecule has 0 fully saturated rings. The number of aromatic nitrogens is 3. The number of H-pyrrole nitrogens is 1. The molecule has 1 unspecified atom stereocenters. The van der Waals surface area contributed by atoms with Gasteiger partial charge in [-0.2, -0.15) is 0 Å². The van der Waals surface area contributed by atoms with Gasteiger partial charge < -0.3 is 14.9 Å². The maximum absolute atomic E-state index is 4.12. The first-order valence-electron chi connectivity index (χ1n) is 8.73. The number of hydrogen-bond donors (Lipinski definition) is 2. The molecule has 0 amide bonds. The average molecular weight is 328 g/mol. The maximum Gasteiger partial charge on any atom is 0.0991 e. The van der Waals surface area contributed by atoms with E-state index in [0.717, 1.165) is 12.1 Å². The topological polar surface area (TPSA) is 45.6 Å². The number of fused-ring (bicyclic) bond motifs is 3. The van der Waals surface area contributed by atoms with E-state index in [1.54, 1.807) is 6.20 Å². The molecule has 0 radical (unpaired) electrons. The van der Waals surface area contributed by atoms with Crippen molar-refractivity contribution in [2.45, 2.75) is 25.4 Å². The minimum Gasteiger partial charge on any atom is -0.357 e. The van der Waals surface area contributed by atoms with Gasteiger partial charge in [0.05, 0.1) is 12.4 Å². The number of aromatic amines is 1. The Morgan fingerprint density at radius 3 is 2.72 bits per heavy atom. The van der Waals surface area contributed by atoms with E-state index >= 15 is 0 Å². The Hall–Kier alpha value is -2.85. The molecule has 3 heterocycles. The highest BCUT2D eigenvalue weighted by molar-refractivity contribution is 5.85. The van der Waals surface area contributed by atoms with E-state index in [1.807, 2.05) is 17.1 Å². The number of nitrogens with zero attached hydrogens (tertiary/aromatic N) is 2. The molecule has 2 N–H and O–H groups in total.